The Morgan fingerprint density at radius 2 is 1.79 bits per heavy atom. The number of aliphatic hydroxyl groups excluding tert-OH is 1. The Balaban J connectivity index is 1.24. The lowest BCUT2D eigenvalue weighted by Gasteiger charge is -2.13. The fraction of sp³-hybridized carbons (Fsp3) is 0.324. The number of thioether (sulfide) groups is 1. The second-order valence-corrected chi connectivity index (χ2v) is 14.6. The maximum atomic E-state index is 13.2. The van der Waals surface area contributed by atoms with Crippen molar-refractivity contribution in [2.75, 3.05) is 13.3 Å². The van der Waals surface area contributed by atoms with Crippen LogP contribution in [0.5, 0.6) is 5.75 Å². The van der Waals surface area contributed by atoms with E-state index in [0.717, 1.165) is 84.6 Å². The van der Waals surface area contributed by atoms with Gasteiger partial charge in [-0.25, -0.2) is 0 Å². The van der Waals surface area contributed by atoms with Crippen LogP contribution in [0, 0.1) is 20.8 Å². The van der Waals surface area contributed by atoms with E-state index in [2.05, 4.69) is 28.3 Å². The molecule has 48 heavy (non-hydrogen) atoms. The number of hydrogen-bond acceptors (Lipinski definition) is 6. The number of rotatable bonds is 13. The number of aromatic nitrogens is 5. The Labute approximate surface area is 291 Å². The molecule has 6 rings (SSSR count). The molecule has 3 aromatic carbocycles. The van der Waals surface area contributed by atoms with Gasteiger partial charge in [-0.15, -0.1) is 11.8 Å². The second-order valence-electron chi connectivity index (χ2n) is 12.2. The van der Waals surface area contributed by atoms with Crippen molar-refractivity contribution in [1.82, 2.24) is 24.1 Å². The van der Waals surface area contributed by atoms with Crippen LogP contribution in [0.2, 0.25) is 5.02 Å². The lowest BCUT2D eigenvalue weighted by molar-refractivity contribution is 0.107. The van der Waals surface area contributed by atoms with Crippen LogP contribution < -0.4 is 0 Å². The van der Waals surface area contributed by atoms with Crippen molar-refractivity contribution >= 4 is 59.1 Å². The number of phenolic OH excluding ortho intramolecular Hbond substituents is 1. The first kappa shape index (κ1) is 34.3. The maximum Gasteiger partial charge on any atom is 0.197 e. The molecular weight excluding hydrogens is 661 g/mol. The van der Waals surface area contributed by atoms with Crippen molar-refractivity contribution in [3.63, 3.8) is 0 Å². The molecule has 250 valence electrons. The first-order chi connectivity index (χ1) is 23.1. The summed E-state index contributed by atoms with van der Waals surface area (Å²) in [7, 11) is 2.11. The molecule has 3 heterocycles. The highest BCUT2D eigenvalue weighted by atomic mass is 35.5. The molecule has 0 aliphatic carbocycles. The molecule has 3 aromatic heterocycles. The zero-order valence-electron chi connectivity index (χ0n) is 28.0. The number of aromatic hydroxyl groups is 1. The van der Waals surface area contributed by atoms with Crippen LogP contribution >= 0.6 is 31.9 Å². The number of phenols is 1. The van der Waals surface area contributed by atoms with E-state index in [0.29, 0.717) is 36.0 Å². The summed E-state index contributed by atoms with van der Waals surface area (Å²) in [5.41, 5.74) is 8.69. The lowest BCUT2D eigenvalue weighted by atomic mass is 9.99. The third-order valence-electron chi connectivity index (χ3n) is 9.10. The molecule has 0 fully saturated rings. The van der Waals surface area contributed by atoms with E-state index in [9.17, 15) is 15.0 Å². The molecule has 0 bridgehead atoms. The summed E-state index contributed by atoms with van der Waals surface area (Å²) in [6, 6.07) is 17.9. The molecule has 11 heteroatoms. The van der Waals surface area contributed by atoms with Crippen molar-refractivity contribution in [3.05, 3.63) is 93.5 Å². The Hall–Kier alpha value is -3.62. The van der Waals surface area contributed by atoms with E-state index < -0.39 is 0 Å². The van der Waals surface area contributed by atoms with Gasteiger partial charge < -0.3 is 14.8 Å². The standard InChI is InChI=1S/C37H41ClN5O3PS/c1-22-24(3)39-43(35(22)34-30(38)13-14-31-33(34)23(2)36(37(46)47-5)42(31)15-9-17-44)16-8-11-26-19-27(41(4)40-26)21-48-28-18-25-10-6-7-12-29(25)32(45)20-28/h6-7,10,12-14,18-20,44-45,47H,8-9,11,15-17,21H2,1-5H3. The highest BCUT2D eigenvalue weighted by Crippen LogP contribution is 2.42. The summed E-state index contributed by atoms with van der Waals surface area (Å²) in [6.45, 7) is 9.31. The van der Waals surface area contributed by atoms with Gasteiger partial charge in [-0.05, 0) is 102 Å². The predicted octanol–water partition coefficient (Wildman–Crippen LogP) is 8.43. The molecule has 2 N–H and O–H groups in total. The fourth-order valence-corrected chi connectivity index (χ4v) is 8.40. The summed E-state index contributed by atoms with van der Waals surface area (Å²) in [5, 5.41) is 33.3. The topological polar surface area (TPSA) is 98.1 Å². The number of benzene rings is 3. The molecule has 6 aromatic rings. The van der Waals surface area contributed by atoms with Crippen molar-refractivity contribution in [3.8, 4) is 17.0 Å². The van der Waals surface area contributed by atoms with Gasteiger partial charge in [0.25, 0.3) is 0 Å². The van der Waals surface area contributed by atoms with E-state index in [1.165, 1.54) is 0 Å². The molecule has 0 aliphatic heterocycles. The zero-order chi connectivity index (χ0) is 34.1. The molecule has 0 aliphatic rings. The molecule has 0 saturated carbocycles. The molecule has 0 amide bonds. The first-order valence-electron chi connectivity index (χ1n) is 16.2. The van der Waals surface area contributed by atoms with Gasteiger partial charge in [0.05, 0.1) is 27.8 Å². The highest BCUT2D eigenvalue weighted by Gasteiger charge is 2.26. The molecular formula is C37H41ClN5O3PS. The number of hydrogen-bond donors (Lipinski definition) is 2. The minimum atomic E-state index is 0.0535. The summed E-state index contributed by atoms with van der Waals surface area (Å²) in [4.78, 5) is 14.2. The third-order valence-corrected chi connectivity index (χ3v) is 11.1. The molecule has 8 nitrogen and oxygen atoms in total. The first-order valence-corrected chi connectivity index (χ1v) is 19.0. The van der Waals surface area contributed by atoms with Gasteiger partial charge in [-0.1, -0.05) is 35.9 Å². The predicted molar refractivity (Wildman–Crippen MR) is 199 cm³/mol. The Morgan fingerprint density at radius 3 is 2.56 bits per heavy atom. The number of nitrogens with zero attached hydrogens (tertiary/aromatic N) is 5. The molecule has 0 radical (unpaired) electrons. The Bertz CT molecular complexity index is 2150. The normalized spacial score (nSPS) is 12.0. The highest BCUT2D eigenvalue weighted by molar-refractivity contribution is 7.98. The summed E-state index contributed by atoms with van der Waals surface area (Å²) < 4.78 is 6.06. The minimum Gasteiger partial charge on any atom is -0.507 e. The largest absolute Gasteiger partial charge is 0.507 e. The van der Waals surface area contributed by atoms with Gasteiger partial charge in [-0.2, -0.15) is 10.2 Å². The molecule has 0 spiro atoms. The number of halogens is 1. The second kappa shape index (κ2) is 14.5. The van der Waals surface area contributed by atoms with Crippen molar-refractivity contribution < 1.29 is 15.0 Å². The van der Waals surface area contributed by atoms with Crippen molar-refractivity contribution in [2.45, 2.75) is 63.8 Å². The zero-order valence-corrected chi connectivity index (χ0v) is 30.5. The quantitative estimate of drug-likeness (QED) is 0.0927. The van der Waals surface area contributed by atoms with Crippen molar-refractivity contribution in [1.29, 1.82) is 0 Å². The Kier molecular flexibility index (Phi) is 10.3. The number of carbonyl (C=O) groups excluding carboxylic acids is 1. The van der Waals surface area contributed by atoms with E-state index >= 15 is 0 Å². The maximum absolute atomic E-state index is 13.2. The van der Waals surface area contributed by atoms with Crippen LogP contribution in [0.1, 0.15) is 51.5 Å². The molecule has 0 saturated heterocycles. The summed E-state index contributed by atoms with van der Waals surface area (Å²) in [6.07, 6.45) is 2.18. The van der Waals surface area contributed by atoms with Crippen LogP contribution in [0.3, 0.4) is 0 Å². The minimum absolute atomic E-state index is 0.0535. The van der Waals surface area contributed by atoms with Gasteiger partial charge in [0.2, 0.25) is 0 Å². The number of aryl methyl sites for hydroxylation is 6. The van der Waals surface area contributed by atoms with Gasteiger partial charge in [0.1, 0.15) is 5.75 Å². The fourth-order valence-electron chi connectivity index (χ4n) is 6.61. The van der Waals surface area contributed by atoms with Gasteiger partial charge in [-0.3, -0.25) is 14.2 Å². The average Bonchev–Trinajstić information content (AvgIpc) is 3.67. The van der Waals surface area contributed by atoms with Crippen LogP contribution in [0.4, 0.5) is 0 Å². The number of aliphatic hydroxyl groups is 1. The van der Waals surface area contributed by atoms with Crippen LogP contribution in [-0.4, -0.2) is 53.1 Å². The van der Waals surface area contributed by atoms with Gasteiger partial charge in [0.15, 0.2) is 5.52 Å². The average molecular weight is 702 g/mol. The van der Waals surface area contributed by atoms with Crippen molar-refractivity contribution in [2.24, 2.45) is 7.05 Å². The number of fused-ring (bicyclic) bond motifs is 2. The van der Waals surface area contributed by atoms with E-state index in [1.54, 1.807) is 11.8 Å². The van der Waals surface area contributed by atoms with E-state index in [4.69, 9.17) is 21.8 Å². The Morgan fingerprint density at radius 1 is 1.00 bits per heavy atom. The molecule has 1 atom stereocenters. The monoisotopic (exact) mass is 701 g/mol. The van der Waals surface area contributed by atoms with Crippen LogP contribution in [0.25, 0.3) is 32.9 Å². The third kappa shape index (κ3) is 6.53. The molecule has 1 unspecified atom stereocenters. The van der Waals surface area contributed by atoms with E-state index in [1.807, 2.05) is 74.7 Å². The smallest absolute Gasteiger partial charge is 0.197 e. The summed E-state index contributed by atoms with van der Waals surface area (Å²) >= 11 is 8.69. The lowest BCUT2D eigenvalue weighted by Crippen LogP contribution is -2.08. The van der Waals surface area contributed by atoms with Gasteiger partial charge >= 0.3 is 0 Å². The van der Waals surface area contributed by atoms with Crippen LogP contribution in [-0.2, 0) is 32.3 Å². The van der Waals surface area contributed by atoms with Gasteiger partial charge in [0, 0.05) is 64.9 Å². The summed E-state index contributed by atoms with van der Waals surface area (Å²) in [5.74, 6) is 1.04. The van der Waals surface area contributed by atoms with E-state index in [-0.39, 0.29) is 20.7 Å². The number of carbonyl (C=O) groups is 1. The van der Waals surface area contributed by atoms with Crippen LogP contribution in [0.15, 0.2) is 59.5 Å². The SMILES string of the molecule is CPC(=O)c1c(C)c2c(-c3c(C)c(C)nn3CCCc3cc(CSc4cc(O)c5ccccc5c4)n(C)n3)c(Cl)ccc2n1CCCO.